The van der Waals surface area contributed by atoms with Gasteiger partial charge in [0, 0.05) is 24.3 Å². The Hall–Kier alpha value is -2.78. The lowest BCUT2D eigenvalue weighted by molar-refractivity contribution is 0.102. The van der Waals surface area contributed by atoms with E-state index in [9.17, 15) is 13.2 Å². The van der Waals surface area contributed by atoms with Crippen LogP contribution < -0.4 is 19.5 Å². The molecule has 0 bridgehead atoms. The van der Waals surface area contributed by atoms with Crippen molar-refractivity contribution in [3.8, 4) is 17.2 Å². The molecule has 1 N–H and O–H groups in total. The zero-order valence-electron chi connectivity index (χ0n) is 20.2. The van der Waals surface area contributed by atoms with Gasteiger partial charge in [-0.15, -0.1) is 0 Å². The molecule has 0 saturated heterocycles. The summed E-state index contributed by atoms with van der Waals surface area (Å²) in [5.74, 6) is 0.844. The average Bonchev–Trinajstić information content (AvgIpc) is 2.78. The zero-order chi connectivity index (χ0) is 24.6. The van der Waals surface area contributed by atoms with Crippen molar-refractivity contribution in [1.82, 2.24) is 4.31 Å². The number of hydrogen-bond acceptors (Lipinski definition) is 6. The number of carbonyl (C=O) groups is 1. The molecule has 2 aromatic rings. The molecule has 2 aromatic carbocycles. The quantitative estimate of drug-likeness (QED) is 0.484. The summed E-state index contributed by atoms with van der Waals surface area (Å²) in [5.41, 5.74) is 1.46. The number of anilines is 1. The molecule has 182 valence electrons. The van der Waals surface area contributed by atoms with Crippen molar-refractivity contribution in [2.24, 2.45) is 0 Å². The first-order chi connectivity index (χ1) is 15.7. The van der Waals surface area contributed by atoms with Crippen LogP contribution in [0.3, 0.4) is 0 Å². The topological polar surface area (TPSA) is 94.2 Å². The fraction of sp³-hybridized carbons (Fsp3) is 0.458. The fourth-order valence-electron chi connectivity index (χ4n) is 3.32. The van der Waals surface area contributed by atoms with Gasteiger partial charge in [0.05, 0.1) is 24.7 Å². The number of nitrogens with one attached hydrogen (secondary N) is 1. The van der Waals surface area contributed by atoms with Gasteiger partial charge in [0.15, 0.2) is 11.5 Å². The Bertz CT molecular complexity index is 1040. The first kappa shape index (κ1) is 26.5. The van der Waals surface area contributed by atoms with Crippen LogP contribution in [0, 0.1) is 6.92 Å². The van der Waals surface area contributed by atoms with Crippen molar-refractivity contribution in [1.29, 1.82) is 0 Å². The third-order valence-corrected chi connectivity index (χ3v) is 7.02. The molecule has 0 spiro atoms. The van der Waals surface area contributed by atoms with Crippen molar-refractivity contribution >= 4 is 21.6 Å². The maximum atomic E-state index is 13.1. The second-order valence-corrected chi connectivity index (χ2v) is 9.06. The Morgan fingerprint density at radius 3 is 1.91 bits per heavy atom. The van der Waals surface area contributed by atoms with Crippen LogP contribution in [0.15, 0.2) is 35.2 Å². The van der Waals surface area contributed by atoms with E-state index >= 15 is 0 Å². The summed E-state index contributed by atoms with van der Waals surface area (Å²) in [5, 5.41) is 2.83. The predicted octanol–water partition coefficient (Wildman–Crippen LogP) is 4.47. The minimum absolute atomic E-state index is 0.129. The Morgan fingerprint density at radius 1 is 0.879 bits per heavy atom. The number of ether oxygens (including phenoxy) is 3. The Balaban J connectivity index is 2.45. The van der Waals surface area contributed by atoms with Gasteiger partial charge >= 0.3 is 0 Å². The van der Waals surface area contributed by atoms with Gasteiger partial charge in [-0.1, -0.05) is 19.9 Å². The predicted molar refractivity (Wildman–Crippen MR) is 129 cm³/mol. The van der Waals surface area contributed by atoms with E-state index in [-0.39, 0.29) is 4.90 Å². The zero-order valence-corrected chi connectivity index (χ0v) is 21.0. The SMILES string of the molecule is CCOc1cc(C(=O)Nc2cc(S(=O)(=O)N(CC)CC)ccc2C)cc(OCC)c1OCC. The molecule has 2 rings (SSSR count). The summed E-state index contributed by atoms with van der Waals surface area (Å²) in [7, 11) is -3.66. The molecule has 8 nitrogen and oxygen atoms in total. The average molecular weight is 479 g/mol. The summed E-state index contributed by atoms with van der Waals surface area (Å²) in [6, 6.07) is 7.91. The van der Waals surface area contributed by atoms with Crippen LogP contribution in [0.25, 0.3) is 0 Å². The Kier molecular flexibility index (Phi) is 9.55. The van der Waals surface area contributed by atoms with Crippen LogP contribution in [0.4, 0.5) is 5.69 Å². The van der Waals surface area contributed by atoms with Gasteiger partial charge in [0.2, 0.25) is 15.8 Å². The van der Waals surface area contributed by atoms with Crippen LogP contribution in [-0.2, 0) is 10.0 Å². The van der Waals surface area contributed by atoms with E-state index in [4.69, 9.17) is 14.2 Å². The van der Waals surface area contributed by atoms with Gasteiger partial charge in [0.1, 0.15) is 0 Å². The third kappa shape index (κ3) is 6.17. The first-order valence-corrected chi connectivity index (χ1v) is 12.7. The van der Waals surface area contributed by atoms with Crippen LogP contribution in [0.1, 0.15) is 50.5 Å². The van der Waals surface area contributed by atoms with Gasteiger partial charge in [0.25, 0.3) is 5.91 Å². The second kappa shape index (κ2) is 11.9. The fourth-order valence-corrected chi connectivity index (χ4v) is 4.81. The number of sulfonamides is 1. The molecule has 33 heavy (non-hydrogen) atoms. The van der Waals surface area contributed by atoms with Crippen molar-refractivity contribution in [3.05, 3.63) is 41.5 Å². The van der Waals surface area contributed by atoms with E-state index in [1.807, 2.05) is 20.8 Å². The molecule has 0 saturated carbocycles. The molecule has 0 fully saturated rings. The van der Waals surface area contributed by atoms with E-state index in [1.165, 1.54) is 10.4 Å². The molecule has 0 unspecified atom stereocenters. The maximum Gasteiger partial charge on any atom is 0.255 e. The summed E-state index contributed by atoms with van der Waals surface area (Å²) in [4.78, 5) is 13.3. The highest BCUT2D eigenvalue weighted by atomic mass is 32.2. The highest BCUT2D eigenvalue weighted by molar-refractivity contribution is 7.89. The van der Waals surface area contributed by atoms with E-state index in [0.717, 1.165) is 5.56 Å². The van der Waals surface area contributed by atoms with Gasteiger partial charge in [-0.3, -0.25) is 4.79 Å². The molecule has 0 heterocycles. The molecule has 0 radical (unpaired) electrons. The molecule has 0 aliphatic carbocycles. The van der Waals surface area contributed by atoms with Crippen LogP contribution in [0.2, 0.25) is 0 Å². The van der Waals surface area contributed by atoms with E-state index in [2.05, 4.69) is 5.32 Å². The monoisotopic (exact) mass is 478 g/mol. The summed E-state index contributed by atoms with van der Waals surface area (Å²) in [6.45, 7) is 12.8. The number of benzene rings is 2. The molecular weight excluding hydrogens is 444 g/mol. The summed E-state index contributed by atoms with van der Waals surface area (Å²) in [6.07, 6.45) is 0. The number of hydrogen-bond donors (Lipinski definition) is 1. The largest absolute Gasteiger partial charge is 0.490 e. The normalized spacial score (nSPS) is 11.4. The van der Waals surface area contributed by atoms with Crippen molar-refractivity contribution in [2.45, 2.75) is 46.4 Å². The first-order valence-electron chi connectivity index (χ1n) is 11.2. The second-order valence-electron chi connectivity index (χ2n) is 7.12. The summed E-state index contributed by atoms with van der Waals surface area (Å²) >= 11 is 0. The molecule has 0 aromatic heterocycles. The molecule has 9 heteroatoms. The van der Waals surface area contributed by atoms with Crippen molar-refractivity contribution < 1.29 is 27.4 Å². The van der Waals surface area contributed by atoms with Gasteiger partial charge in [-0.25, -0.2) is 8.42 Å². The number of rotatable bonds is 12. The van der Waals surface area contributed by atoms with Gasteiger partial charge < -0.3 is 19.5 Å². The van der Waals surface area contributed by atoms with E-state index in [0.29, 0.717) is 61.4 Å². The van der Waals surface area contributed by atoms with E-state index < -0.39 is 15.9 Å². The van der Waals surface area contributed by atoms with Crippen LogP contribution >= 0.6 is 0 Å². The van der Waals surface area contributed by atoms with Crippen LogP contribution in [0.5, 0.6) is 17.2 Å². The third-order valence-electron chi connectivity index (χ3n) is 4.97. The molecule has 0 atom stereocenters. The van der Waals surface area contributed by atoms with E-state index in [1.54, 1.807) is 45.0 Å². The Labute approximate surface area is 196 Å². The smallest absolute Gasteiger partial charge is 0.255 e. The molecular formula is C24H34N2O6S. The van der Waals surface area contributed by atoms with Crippen LogP contribution in [-0.4, -0.2) is 51.5 Å². The van der Waals surface area contributed by atoms with Crippen molar-refractivity contribution in [2.75, 3.05) is 38.2 Å². The number of carbonyl (C=O) groups excluding carboxylic acids is 1. The van der Waals surface area contributed by atoms with Gasteiger partial charge in [-0.2, -0.15) is 4.31 Å². The lowest BCUT2D eigenvalue weighted by Crippen LogP contribution is -2.30. The number of nitrogens with zero attached hydrogens (tertiary/aromatic N) is 1. The lowest BCUT2D eigenvalue weighted by Gasteiger charge is -2.20. The molecule has 0 aliphatic rings. The van der Waals surface area contributed by atoms with Crippen molar-refractivity contribution in [3.63, 3.8) is 0 Å². The maximum absolute atomic E-state index is 13.1. The molecule has 0 aliphatic heterocycles. The lowest BCUT2D eigenvalue weighted by atomic mass is 10.1. The van der Waals surface area contributed by atoms with Gasteiger partial charge in [-0.05, 0) is 57.5 Å². The highest BCUT2D eigenvalue weighted by Crippen LogP contribution is 2.39. The highest BCUT2D eigenvalue weighted by Gasteiger charge is 2.23. The summed E-state index contributed by atoms with van der Waals surface area (Å²) < 4.78 is 44.3. The number of aryl methyl sites for hydroxylation is 1. The Morgan fingerprint density at radius 2 is 1.42 bits per heavy atom. The minimum Gasteiger partial charge on any atom is -0.490 e. The molecule has 1 amide bonds. The number of amides is 1. The standard InChI is InChI=1S/C24H34N2O6S/c1-7-26(8-2)33(28,29)19-13-12-17(6)20(16-19)25-24(27)18-14-21(30-9-3)23(32-11-5)22(15-18)31-10-4/h12-16H,7-11H2,1-6H3,(H,25,27). The minimum atomic E-state index is -3.66.